The number of unbranched alkanes of at least 4 members (excludes halogenated alkanes) is 9. The maximum atomic E-state index is 2.58. The smallest absolute Gasteiger partial charge is 0.101 e. The first-order valence-electron chi connectivity index (χ1n) is 10.4. The number of rotatable bonds is 14. The van der Waals surface area contributed by atoms with Gasteiger partial charge in [-0.15, -0.1) is 0 Å². The molecule has 1 unspecified atom stereocenters. The van der Waals surface area contributed by atoms with Crippen LogP contribution in [0.15, 0.2) is 12.4 Å². The molecule has 0 fully saturated rings. The lowest BCUT2D eigenvalue weighted by atomic mass is 10.1. The predicted molar refractivity (Wildman–Crippen MR) is 103 cm³/mol. The van der Waals surface area contributed by atoms with E-state index >= 15 is 0 Å². The Morgan fingerprint density at radius 3 is 1.83 bits per heavy atom. The number of hydrogen-bond acceptors (Lipinski definition) is 2. The topological polar surface area (TPSA) is 6.48 Å². The van der Waals surface area contributed by atoms with Crippen LogP contribution in [0.2, 0.25) is 0 Å². The molecule has 0 aromatic heterocycles. The van der Waals surface area contributed by atoms with E-state index in [9.17, 15) is 0 Å². The van der Waals surface area contributed by atoms with Gasteiger partial charge in [0.25, 0.3) is 0 Å². The average Bonchev–Trinajstić information content (AvgIpc) is 2.93. The molecule has 0 amide bonds. The van der Waals surface area contributed by atoms with Crippen LogP contribution >= 0.6 is 0 Å². The van der Waals surface area contributed by atoms with E-state index in [0.29, 0.717) is 12.2 Å². The summed E-state index contributed by atoms with van der Waals surface area (Å²) in [6.07, 6.45) is 22.0. The van der Waals surface area contributed by atoms with Gasteiger partial charge < -0.3 is 9.80 Å². The molecule has 1 atom stereocenters. The zero-order valence-electron chi connectivity index (χ0n) is 16.4. The van der Waals surface area contributed by atoms with Gasteiger partial charge >= 0.3 is 0 Å². The first-order chi connectivity index (χ1) is 11.2. The summed E-state index contributed by atoms with van der Waals surface area (Å²) in [6.45, 7) is 10.4. The Hall–Kier alpha value is -0.660. The summed E-state index contributed by atoms with van der Waals surface area (Å²) >= 11 is 0. The van der Waals surface area contributed by atoms with Gasteiger partial charge in [0.15, 0.2) is 0 Å². The zero-order chi connectivity index (χ0) is 16.9. The van der Waals surface area contributed by atoms with Crippen LogP contribution in [0.25, 0.3) is 0 Å². The molecule has 1 aliphatic heterocycles. The van der Waals surface area contributed by atoms with Gasteiger partial charge in [0, 0.05) is 25.0 Å². The van der Waals surface area contributed by atoms with Crippen molar-refractivity contribution in [1.29, 1.82) is 0 Å². The SMILES string of the molecule is CCCCCCCCCCCCN1C=CN(C(C)C)C1CCC. The van der Waals surface area contributed by atoms with Crippen LogP contribution in [0.3, 0.4) is 0 Å². The first-order valence-corrected chi connectivity index (χ1v) is 10.4. The number of nitrogens with zero attached hydrogens (tertiary/aromatic N) is 2. The molecule has 0 radical (unpaired) electrons. The maximum absolute atomic E-state index is 2.58. The normalized spacial score (nSPS) is 17.7. The summed E-state index contributed by atoms with van der Waals surface area (Å²) in [4.78, 5) is 5.11. The van der Waals surface area contributed by atoms with Gasteiger partial charge in [-0.1, -0.05) is 78.1 Å². The standard InChI is InChI=1S/C21H42N2/c1-5-7-8-9-10-11-12-13-14-15-17-22-18-19-23(20(3)4)21(22)16-6-2/h18-21H,5-17H2,1-4H3. The van der Waals surface area contributed by atoms with E-state index in [1.54, 1.807) is 0 Å². The van der Waals surface area contributed by atoms with Crippen LogP contribution in [0.4, 0.5) is 0 Å². The van der Waals surface area contributed by atoms with Gasteiger partial charge in [0.1, 0.15) is 6.17 Å². The van der Waals surface area contributed by atoms with Crippen LogP contribution in [-0.4, -0.2) is 28.6 Å². The van der Waals surface area contributed by atoms with Crippen LogP contribution in [0.1, 0.15) is 105 Å². The third kappa shape index (κ3) is 8.13. The third-order valence-corrected chi connectivity index (χ3v) is 5.07. The van der Waals surface area contributed by atoms with Crippen molar-refractivity contribution in [2.24, 2.45) is 0 Å². The minimum Gasteiger partial charge on any atom is -0.356 e. The highest BCUT2D eigenvalue weighted by Gasteiger charge is 2.26. The highest BCUT2D eigenvalue weighted by molar-refractivity contribution is 4.98. The van der Waals surface area contributed by atoms with Crippen LogP contribution in [0, 0.1) is 0 Å². The molecule has 136 valence electrons. The molecule has 1 aliphatic rings. The molecule has 0 saturated carbocycles. The Bertz CT molecular complexity index is 298. The average molecular weight is 323 g/mol. The van der Waals surface area contributed by atoms with Crippen molar-refractivity contribution in [3.05, 3.63) is 12.4 Å². The van der Waals surface area contributed by atoms with Crippen molar-refractivity contribution >= 4 is 0 Å². The van der Waals surface area contributed by atoms with Gasteiger partial charge in [-0.3, -0.25) is 0 Å². The minimum atomic E-state index is 0.610. The van der Waals surface area contributed by atoms with Crippen molar-refractivity contribution in [3.8, 4) is 0 Å². The Morgan fingerprint density at radius 1 is 0.739 bits per heavy atom. The fourth-order valence-corrected chi connectivity index (χ4v) is 3.63. The molecule has 0 saturated heterocycles. The summed E-state index contributed by atoms with van der Waals surface area (Å²) in [7, 11) is 0. The molecule has 23 heavy (non-hydrogen) atoms. The first kappa shape index (κ1) is 20.4. The molecular weight excluding hydrogens is 280 g/mol. The second-order valence-corrected chi connectivity index (χ2v) is 7.53. The Balaban J connectivity index is 2.05. The van der Waals surface area contributed by atoms with Gasteiger partial charge in [0.2, 0.25) is 0 Å². The molecule has 2 heteroatoms. The third-order valence-electron chi connectivity index (χ3n) is 5.07. The Labute approximate surface area is 146 Å². The second kappa shape index (κ2) is 12.7. The van der Waals surface area contributed by atoms with Gasteiger partial charge in [-0.2, -0.15) is 0 Å². The van der Waals surface area contributed by atoms with Crippen molar-refractivity contribution < 1.29 is 0 Å². The van der Waals surface area contributed by atoms with E-state index in [1.807, 2.05) is 0 Å². The molecule has 0 aromatic rings. The summed E-state index contributed by atoms with van der Waals surface area (Å²) in [5.41, 5.74) is 0. The fraction of sp³-hybridized carbons (Fsp3) is 0.905. The highest BCUT2D eigenvalue weighted by atomic mass is 15.4. The molecule has 0 bridgehead atoms. The predicted octanol–water partition coefficient (Wildman–Crippen LogP) is 6.53. The molecule has 1 heterocycles. The van der Waals surface area contributed by atoms with Gasteiger partial charge in [0.05, 0.1) is 0 Å². The van der Waals surface area contributed by atoms with Crippen molar-refractivity contribution in [3.63, 3.8) is 0 Å². The summed E-state index contributed by atoms with van der Waals surface area (Å²) in [5.74, 6) is 0. The van der Waals surface area contributed by atoms with E-state index in [0.717, 1.165) is 0 Å². The molecule has 0 N–H and O–H groups in total. The van der Waals surface area contributed by atoms with Gasteiger partial charge in [-0.05, 0) is 26.7 Å². The van der Waals surface area contributed by atoms with Crippen LogP contribution in [0.5, 0.6) is 0 Å². The van der Waals surface area contributed by atoms with Gasteiger partial charge in [-0.25, -0.2) is 0 Å². The Morgan fingerprint density at radius 2 is 1.30 bits per heavy atom. The zero-order valence-corrected chi connectivity index (χ0v) is 16.4. The van der Waals surface area contributed by atoms with Crippen LogP contribution in [-0.2, 0) is 0 Å². The second-order valence-electron chi connectivity index (χ2n) is 7.53. The molecule has 2 nitrogen and oxygen atoms in total. The largest absolute Gasteiger partial charge is 0.356 e. The van der Waals surface area contributed by atoms with E-state index in [2.05, 4.69) is 49.9 Å². The highest BCUT2D eigenvalue weighted by Crippen LogP contribution is 2.23. The molecular formula is C21H42N2. The maximum Gasteiger partial charge on any atom is 0.101 e. The van der Waals surface area contributed by atoms with Crippen molar-refractivity contribution in [2.75, 3.05) is 6.54 Å². The van der Waals surface area contributed by atoms with Crippen molar-refractivity contribution in [2.45, 2.75) is 117 Å². The summed E-state index contributed by atoms with van der Waals surface area (Å²) in [5, 5.41) is 0. The minimum absolute atomic E-state index is 0.610. The summed E-state index contributed by atoms with van der Waals surface area (Å²) in [6, 6.07) is 0.612. The lowest BCUT2D eigenvalue weighted by Gasteiger charge is -2.35. The fourth-order valence-electron chi connectivity index (χ4n) is 3.63. The van der Waals surface area contributed by atoms with Crippen LogP contribution < -0.4 is 0 Å². The Kier molecular flexibility index (Phi) is 11.3. The van der Waals surface area contributed by atoms with E-state index in [1.165, 1.54) is 83.6 Å². The molecule has 0 aromatic carbocycles. The van der Waals surface area contributed by atoms with E-state index < -0.39 is 0 Å². The lowest BCUT2D eigenvalue weighted by molar-refractivity contribution is 0.116. The molecule has 0 spiro atoms. The lowest BCUT2D eigenvalue weighted by Crippen LogP contribution is -2.42. The molecule has 1 rings (SSSR count). The molecule has 0 aliphatic carbocycles. The quantitative estimate of drug-likeness (QED) is 0.335. The summed E-state index contributed by atoms with van der Waals surface area (Å²) < 4.78 is 0. The monoisotopic (exact) mass is 322 g/mol. The van der Waals surface area contributed by atoms with Crippen molar-refractivity contribution in [1.82, 2.24) is 9.80 Å². The van der Waals surface area contributed by atoms with E-state index in [4.69, 9.17) is 0 Å². The van der Waals surface area contributed by atoms with E-state index in [-0.39, 0.29) is 0 Å². The number of hydrogen-bond donors (Lipinski definition) is 0.